The SMILES string of the molecule is CC1(S)C(=O)[CH]C(C)(C)N(S)CC1Cc1ccccc1. The van der Waals surface area contributed by atoms with Crippen molar-refractivity contribution in [2.45, 2.75) is 37.5 Å². The first kappa shape index (κ1) is 15.9. The van der Waals surface area contributed by atoms with E-state index in [2.05, 4.69) is 37.6 Å². The number of carbonyl (C=O) groups is 1. The molecule has 1 aromatic rings. The summed E-state index contributed by atoms with van der Waals surface area (Å²) in [7, 11) is 0. The number of nitrogens with zero attached hydrogens (tertiary/aromatic N) is 1. The number of hydrogen-bond donors (Lipinski definition) is 2. The minimum absolute atomic E-state index is 0.0864. The minimum atomic E-state index is -0.662. The quantitative estimate of drug-likeness (QED) is 0.818. The van der Waals surface area contributed by atoms with Gasteiger partial charge < -0.3 is 0 Å². The summed E-state index contributed by atoms with van der Waals surface area (Å²) < 4.78 is 1.28. The van der Waals surface area contributed by atoms with E-state index in [-0.39, 0.29) is 17.2 Å². The van der Waals surface area contributed by atoms with Crippen LogP contribution in [0, 0.1) is 12.3 Å². The Bertz CT molecular complexity index is 485. The summed E-state index contributed by atoms with van der Waals surface area (Å²) in [6.45, 7) is 6.66. The van der Waals surface area contributed by atoms with Crippen LogP contribution in [0.3, 0.4) is 0 Å². The summed E-state index contributed by atoms with van der Waals surface area (Å²) >= 11 is 9.26. The molecule has 0 N–H and O–H groups in total. The zero-order chi connectivity index (χ0) is 15.0. The molecule has 109 valence electrons. The molecule has 2 nitrogen and oxygen atoms in total. The molecule has 0 bridgehead atoms. The van der Waals surface area contributed by atoms with Crippen molar-refractivity contribution in [3.05, 3.63) is 42.3 Å². The summed E-state index contributed by atoms with van der Waals surface area (Å²) in [5.74, 6) is 0.208. The molecule has 1 aliphatic heterocycles. The van der Waals surface area contributed by atoms with E-state index in [1.807, 2.05) is 43.3 Å². The number of thiol groups is 2. The van der Waals surface area contributed by atoms with Crippen molar-refractivity contribution in [3.63, 3.8) is 0 Å². The van der Waals surface area contributed by atoms with Gasteiger partial charge in [-0.05, 0) is 38.7 Å². The Balaban J connectivity index is 2.28. The van der Waals surface area contributed by atoms with Crippen molar-refractivity contribution in [3.8, 4) is 0 Å². The average Bonchev–Trinajstić information content (AvgIpc) is 2.42. The number of ketones is 1. The lowest BCUT2D eigenvalue weighted by Gasteiger charge is -2.33. The lowest BCUT2D eigenvalue weighted by atomic mass is 9.83. The maximum atomic E-state index is 12.5. The molecule has 1 aliphatic rings. The standard InChI is InChI=1S/C16H22NOS2/c1-15(2)10-14(18)16(3,19)13(11-17(15)20)9-12-7-5-4-6-8-12/h4-8,10,13,19-20H,9,11H2,1-3H3. The van der Waals surface area contributed by atoms with Crippen LogP contribution in [0.15, 0.2) is 30.3 Å². The molecule has 2 rings (SSSR count). The van der Waals surface area contributed by atoms with Gasteiger partial charge in [-0.2, -0.15) is 12.6 Å². The molecular weight excluding hydrogens is 286 g/mol. The predicted octanol–water partition coefficient (Wildman–Crippen LogP) is 3.25. The third-order valence-corrected chi connectivity index (χ3v) is 5.43. The second kappa shape index (κ2) is 5.74. The summed E-state index contributed by atoms with van der Waals surface area (Å²) in [5, 5.41) is 0. The molecule has 0 spiro atoms. The van der Waals surface area contributed by atoms with Crippen LogP contribution < -0.4 is 0 Å². The van der Waals surface area contributed by atoms with Crippen molar-refractivity contribution >= 4 is 31.2 Å². The van der Waals surface area contributed by atoms with Crippen LogP contribution in [-0.2, 0) is 11.2 Å². The largest absolute Gasteiger partial charge is 0.298 e. The molecule has 4 heteroatoms. The maximum absolute atomic E-state index is 12.5. The van der Waals surface area contributed by atoms with E-state index >= 15 is 0 Å². The summed E-state index contributed by atoms with van der Waals surface area (Å²) in [6, 6.07) is 10.2. The van der Waals surface area contributed by atoms with Gasteiger partial charge in [0.1, 0.15) is 0 Å². The van der Waals surface area contributed by atoms with Crippen LogP contribution in [0.2, 0.25) is 0 Å². The molecule has 0 aliphatic carbocycles. The normalized spacial score (nSPS) is 31.1. The molecule has 1 fully saturated rings. The van der Waals surface area contributed by atoms with Crippen LogP contribution >= 0.6 is 25.4 Å². The molecular formula is C16H22NOS2. The first-order chi connectivity index (χ1) is 9.23. The highest BCUT2D eigenvalue weighted by Crippen LogP contribution is 2.38. The summed E-state index contributed by atoms with van der Waals surface area (Å²) in [4.78, 5) is 12.5. The highest BCUT2D eigenvalue weighted by molar-refractivity contribution is 7.82. The zero-order valence-electron chi connectivity index (χ0n) is 12.2. The fourth-order valence-corrected chi connectivity index (χ4v) is 3.02. The molecule has 1 radical (unpaired) electrons. The Hall–Kier alpha value is -0.450. The molecule has 2 atom stereocenters. The van der Waals surface area contributed by atoms with E-state index in [1.54, 1.807) is 6.42 Å². The number of benzene rings is 1. The second-order valence-corrected chi connectivity index (χ2v) is 7.69. The maximum Gasteiger partial charge on any atom is 0.154 e. The van der Waals surface area contributed by atoms with Gasteiger partial charge in [-0.15, -0.1) is 0 Å². The van der Waals surface area contributed by atoms with E-state index in [0.717, 1.165) is 13.0 Å². The minimum Gasteiger partial charge on any atom is -0.298 e. The van der Waals surface area contributed by atoms with Gasteiger partial charge in [-0.3, -0.25) is 4.79 Å². The van der Waals surface area contributed by atoms with Gasteiger partial charge >= 0.3 is 0 Å². The molecule has 0 saturated carbocycles. The first-order valence-electron chi connectivity index (χ1n) is 6.86. The molecule has 0 aromatic heterocycles. The van der Waals surface area contributed by atoms with Crippen molar-refractivity contribution in [2.24, 2.45) is 5.92 Å². The first-order valence-corrected chi connectivity index (χ1v) is 7.71. The van der Waals surface area contributed by atoms with E-state index in [9.17, 15) is 4.79 Å². The number of carbonyl (C=O) groups excluding carboxylic acids is 1. The van der Waals surface area contributed by atoms with E-state index in [1.165, 1.54) is 5.56 Å². The third-order valence-electron chi connectivity index (χ3n) is 4.16. The molecule has 1 saturated heterocycles. The summed E-state index contributed by atoms with van der Waals surface area (Å²) in [5.41, 5.74) is 0.877. The van der Waals surface area contributed by atoms with Gasteiger partial charge in [0.2, 0.25) is 0 Å². The Morgan fingerprint density at radius 1 is 1.25 bits per heavy atom. The number of rotatable bonds is 2. The van der Waals surface area contributed by atoms with Gasteiger partial charge in [0.05, 0.1) is 4.75 Å². The predicted molar refractivity (Wildman–Crippen MR) is 90.1 cm³/mol. The van der Waals surface area contributed by atoms with Gasteiger partial charge in [-0.25, -0.2) is 4.31 Å². The van der Waals surface area contributed by atoms with Gasteiger partial charge in [0, 0.05) is 18.5 Å². The molecule has 2 unspecified atom stereocenters. The van der Waals surface area contributed by atoms with Crippen molar-refractivity contribution in [1.82, 2.24) is 4.31 Å². The Kier molecular flexibility index (Phi) is 4.57. The highest BCUT2D eigenvalue weighted by Gasteiger charge is 2.46. The van der Waals surface area contributed by atoms with E-state index in [4.69, 9.17) is 0 Å². The summed E-state index contributed by atoms with van der Waals surface area (Å²) in [6.07, 6.45) is 2.57. The highest BCUT2D eigenvalue weighted by atomic mass is 32.1. The van der Waals surface area contributed by atoms with E-state index < -0.39 is 4.75 Å². The lowest BCUT2D eigenvalue weighted by molar-refractivity contribution is -0.119. The fourth-order valence-electron chi connectivity index (χ4n) is 2.53. The van der Waals surface area contributed by atoms with Gasteiger partial charge in [0.15, 0.2) is 5.78 Å². The second-order valence-electron chi connectivity index (χ2n) is 6.28. The topological polar surface area (TPSA) is 20.3 Å². The zero-order valence-corrected chi connectivity index (χ0v) is 14.0. The van der Waals surface area contributed by atoms with Crippen LogP contribution in [0.25, 0.3) is 0 Å². The molecule has 0 amide bonds. The van der Waals surface area contributed by atoms with Crippen LogP contribution in [-0.4, -0.2) is 26.9 Å². The Morgan fingerprint density at radius 2 is 1.85 bits per heavy atom. The van der Waals surface area contributed by atoms with Crippen LogP contribution in [0.4, 0.5) is 0 Å². The van der Waals surface area contributed by atoms with Gasteiger partial charge in [-0.1, -0.05) is 43.1 Å². The average molecular weight is 308 g/mol. The van der Waals surface area contributed by atoms with Crippen molar-refractivity contribution < 1.29 is 4.79 Å². The van der Waals surface area contributed by atoms with Crippen LogP contribution in [0.1, 0.15) is 26.3 Å². The van der Waals surface area contributed by atoms with Crippen molar-refractivity contribution in [1.29, 1.82) is 0 Å². The Labute approximate surface area is 132 Å². The Morgan fingerprint density at radius 3 is 2.45 bits per heavy atom. The van der Waals surface area contributed by atoms with Gasteiger partial charge in [0.25, 0.3) is 0 Å². The smallest absolute Gasteiger partial charge is 0.154 e. The monoisotopic (exact) mass is 308 g/mol. The molecule has 1 aromatic carbocycles. The lowest BCUT2D eigenvalue weighted by Crippen LogP contribution is -2.40. The molecule has 1 heterocycles. The third kappa shape index (κ3) is 3.23. The van der Waals surface area contributed by atoms with E-state index in [0.29, 0.717) is 0 Å². The fraction of sp³-hybridized carbons (Fsp3) is 0.500. The molecule has 20 heavy (non-hydrogen) atoms. The number of Topliss-reactive ketones (excluding diaryl/α,β-unsaturated/α-hetero) is 1. The van der Waals surface area contributed by atoms with Crippen molar-refractivity contribution in [2.75, 3.05) is 6.54 Å². The van der Waals surface area contributed by atoms with Crippen LogP contribution in [0.5, 0.6) is 0 Å². The number of hydrogen-bond acceptors (Lipinski definition) is 4.